The van der Waals surface area contributed by atoms with Crippen molar-refractivity contribution in [2.24, 2.45) is 0 Å². The highest BCUT2D eigenvalue weighted by atomic mass is 127. The predicted octanol–water partition coefficient (Wildman–Crippen LogP) is 2.52. The Kier molecular flexibility index (Phi) is 6.43. The lowest BCUT2D eigenvalue weighted by atomic mass is 10.2. The highest BCUT2D eigenvalue weighted by Crippen LogP contribution is 2.15. The second kappa shape index (κ2) is 7.62. The average molecular weight is 410 g/mol. The number of hydrogen-bond donors (Lipinski definition) is 1. The van der Waals surface area contributed by atoms with E-state index in [0.717, 1.165) is 0 Å². The van der Waals surface area contributed by atoms with E-state index in [1.165, 1.54) is 0 Å². The van der Waals surface area contributed by atoms with Crippen molar-refractivity contribution in [2.75, 3.05) is 13.2 Å². The third-order valence-electron chi connectivity index (χ3n) is 2.16. The Morgan fingerprint density at radius 1 is 1.38 bits per heavy atom. The Morgan fingerprint density at radius 3 is 2.62 bits per heavy atom. The van der Waals surface area contributed by atoms with E-state index in [1.807, 2.05) is 22.6 Å². The van der Waals surface area contributed by atoms with Crippen molar-refractivity contribution in [3.8, 4) is 0 Å². The molecule has 118 valence electrons. The average Bonchev–Trinajstić information content (AvgIpc) is 2.68. The maximum Gasteiger partial charge on any atom is 0.407 e. The van der Waals surface area contributed by atoms with Gasteiger partial charge in [-0.15, -0.1) is 0 Å². The number of hydrogen-bond acceptors (Lipinski definition) is 6. The van der Waals surface area contributed by atoms with E-state index in [0.29, 0.717) is 16.1 Å². The van der Waals surface area contributed by atoms with Gasteiger partial charge in [0.2, 0.25) is 0 Å². The van der Waals surface area contributed by atoms with Crippen LogP contribution in [0.15, 0.2) is 4.42 Å². The van der Waals surface area contributed by atoms with Crippen LogP contribution in [0.4, 0.5) is 4.79 Å². The number of aromatic nitrogens is 1. The fourth-order valence-electron chi connectivity index (χ4n) is 1.44. The van der Waals surface area contributed by atoms with E-state index in [9.17, 15) is 9.59 Å². The molecule has 8 heteroatoms. The summed E-state index contributed by atoms with van der Waals surface area (Å²) in [6.07, 6.45) is -0.196. The zero-order valence-corrected chi connectivity index (χ0v) is 14.6. The molecular formula is C13H19IN2O5. The molecule has 0 spiro atoms. The van der Waals surface area contributed by atoms with Crippen molar-refractivity contribution >= 4 is 34.7 Å². The van der Waals surface area contributed by atoms with E-state index >= 15 is 0 Å². The Hall–Kier alpha value is -1.32. The normalized spacial score (nSPS) is 11.1. The molecule has 0 aliphatic heterocycles. The number of ether oxygens (including phenoxy) is 2. The first-order valence-corrected chi connectivity index (χ1v) is 7.60. The second-order valence-corrected chi connectivity index (χ2v) is 6.06. The Morgan fingerprint density at radius 2 is 2.05 bits per heavy atom. The topological polar surface area (TPSA) is 90.7 Å². The molecule has 0 fully saturated rings. The van der Waals surface area contributed by atoms with Gasteiger partial charge in [0.25, 0.3) is 3.90 Å². The Balaban J connectivity index is 2.56. The van der Waals surface area contributed by atoms with Crippen molar-refractivity contribution in [3.05, 3.63) is 15.4 Å². The molecule has 1 heterocycles. The van der Waals surface area contributed by atoms with Crippen LogP contribution in [0.25, 0.3) is 0 Å². The molecule has 1 aromatic rings. The van der Waals surface area contributed by atoms with Gasteiger partial charge < -0.3 is 19.2 Å². The van der Waals surface area contributed by atoms with E-state index in [1.54, 1.807) is 27.7 Å². The number of halogens is 1. The Labute approximate surface area is 136 Å². The van der Waals surface area contributed by atoms with Crippen molar-refractivity contribution in [1.29, 1.82) is 0 Å². The fraction of sp³-hybridized carbons (Fsp3) is 0.615. The van der Waals surface area contributed by atoms with E-state index in [-0.39, 0.29) is 18.8 Å². The Bertz CT molecular complexity index is 507. The van der Waals surface area contributed by atoms with Crippen molar-refractivity contribution in [2.45, 2.75) is 39.7 Å². The summed E-state index contributed by atoms with van der Waals surface area (Å²) in [7, 11) is 0. The first kappa shape index (κ1) is 17.7. The molecule has 0 aliphatic carbocycles. The summed E-state index contributed by atoms with van der Waals surface area (Å²) in [4.78, 5) is 27.2. The molecule has 0 aliphatic rings. The van der Waals surface area contributed by atoms with Gasteiger partial charge in [0.1, 0.15) is 11.4 Å². The first-order valence-electron chi connectivity index (χ1n) is 6.52. The van der Waals surface area contributed by atoms with E-state index in [4.69, 9.17) is 13.9 Å². The van der Waals surface area contributed by atoms with Gasteiger partial charge in [0.05, 0.1) is 6.61 Å². The molecule has 0 bridgehead atoms. The van der Waals surface area contributed by atoms with Crippen LogP contribution in [0.3, 0.4) is 0 Å². The third-order valence-corrected chi connectivity index (χ3v) is 2.62. The smallest absolute Gasteiger partial charge is 0.407 e. The highest BCUT2D eigenvalue weighted by molar-refractivity contribution is 14.1. The molecule has 0 atom stereocenters. The standard InChI is InChI=1S/C13H19IN2O5/c1-5-19-10(17)9-8(20-11(14)16-9)6-7-15-12(18)21-13(2,3)4/h5-7H2,1-4H3,(H,15,18). The van der Waals surface area contributed by atoms with Gasteiger partial charge in [-0.25, -0.2) is 9.59 Å². The summed E-state index contributed by atoms with van der Waals surface area (Å²) in [5, 5.41) is 2.59. The van der Waals surface area contributed by atoms with E-state index in [2.05, 4.69) is 10.3 Å². The fourth-order valence-corrected chi connectivity index (χ4v) is 1.95. The number of carbonyl (C=O) groups is 2. The van der Waals surface area contributed by atoms with E-state index < -0.39 is 17.7 Å². The molecule has 1 N–H and O–H groups in total. The molecule has 1 rings (SSSR count). The van der Waals surface area contributed by atoms with Gasteiger partial charge in [-0.1, -0.05) is 0 Å². The van der Waals surface area contributed by atoms with Gasteiger partial charge >= 0.3 is 12.1 Å². The summed E-state index contributed by atoms with van der Waals surface area (Å²) in [5.74, 6) is -0.148. The summed E-state index contributed by atoms with van der Waals surface area (Å²) in [6.45, 7) is 7.59. The summed E-state index contributed by atoms with van der Waals surface area (Å²) >= 11 is 1.87. The molecule has 1 amide bonds. The van der Waals surface area contributed by atoms with Gasteiger partial charge in [-0.2, -0.15) is 4.98 Å². The zero-order chi connectivity index (χ0) is 16.0. The lowest BCUT2D eigenvalue weighted by Crippen LogP contribution is -2.33. The summed E-state index contributed by atoms with van der Waals surface area (Å²) < 4.78 is 15.7. The summed E-state index contributed by atoms with van der Waals surface area (Å²) in [6, 6.07) is 0. The van der Waals surface area contributed by atoms with Gasteiger partial charge in [-0.3, -0.25) is 0 Å². The van der Waals surface area contributed by atoms with Crippen LogP contribution in [0.1, 0.15) is 43.9 Å². The zero-order valence-electron chi connectivity index (χ0n) is 12.5. The number of rotatable bonds is 5. The highest BCUT2D eigenvalue weighted by Gasteiger charge is 2.21. The number of nitrogens with zero attached hydrogens (tertiary/aromatic N) is 1. The maximum atomic E-state index is 11.7. The second-order valence-electron chi connectivity index (χ2n) is 5.14. The number of carbonyl (C=O) groups excluding carboxylic acids is 2. The van der Waals surface area contributed by atoms with Crippen molar-refractivity contribution in [3.63, 3.8) is 0 Å². The van der Waals surface area contributed by atoms with Crippen LogP contribution in [0.2, 0.25) is 0 Å². The number of amides is 1. The number of nitrogens with one attached hydrogen (secondary N) is 1. The first-order chi connectivity index (χ1) is 9.73. The lowest BCUT2D eigenvalue weighted by molar-refractivity contribution is 0.0516. The van der Waals surface area contributed by atoms with Crippen LogP contribution in [0, 0.1) is 3.90 Å². The number of alkyl carbamates (subject to hydrolysis) is 1. The van der Waals surface area contributed by atoms with Crippen LogP contribution < -0.4 is 5.32 Å². The molecule has 1 aromatic heterocycles. The molecule has 0 aromatic carbocycles. The number of oxazole rings is 1. The van der Waals surface area contributed by atoms with Gasteiger partial charge in [0.15, 0.2) is 5.69 Å². The largest absolute Gasteiger partial charge is 0.461 e. The number of esters is 1. The minimum absolute atomic E-state index is 0.146. The third kappa shape index (κ3) is 6.32. The predicted molar refractivity (Wildman–Crippen MR) is 83.1 cm³/mol. The minimum atomic E-state index is -0.554. The van der Waals surface area contributed by atoms with Crippen LogP contribution in [-0.2, 0) is 15.9 Å². The van der Waals surface area contributed by atoms with Gasteiger partial charge in [-0.05, 0) is 27.7 Å². The van der Waals surface area contributed by atoms with Gasteiger partial charge in [0, 0.05) is 35.6 Å². The van der Waals surface area contributed by atoms with Crippen LogP contribution in [0.5, 0.6) is 0 Å². The van der Waals surface area contributed by atoms with Crippen LogP contribution in [-0.4, -0.2) is 35.8 Å². The molecule has 0 saturated carbocycles. The molecule has 0 radical (unpaired) electrons. The molecule has 21 heavy (non-hydrogen) atoms. The molecule has 0 saturated heterocycles. The molecular weight excluding hydrogens is 391 g/mol. The molecule has 7 nitrogen and oxygen atoms in total. The van der Waals surface area contributed by atoms with Crippen molar-refractivity contribution in [1.82, 2.24) is 10.3 Å². The SMILES string of the molecule is CCOC(=O)c1nc(I)oc1CCNC(=O)OC(C)(C)C. The summed E-state index contributed by atoms with van der Waals surface area (Å²) in [5.41, 5.74) is -0.408. The van der Waals surface area contributed by atoms with Crippen LogP contribution >= 0.6 is 22.6 Å². The quantitative estimate of drug-likeness (QED) is 0.593. The lowest BCUT2D eigenvalue weighted by Gasteiger charge is -2.19. The molecule has 0 unspecified atom stereocenters. The maximum absolute atomic E-state index is 11.7. The minimum Gasteiger partial charge on any atom is -0.461 e. The van der Waals surface area contributed by atoms with Crippen molar-refractivity contribution < 1.29 is 23.5 Å². The monoisotopic (exact) mass is 410 g/mol.